The maximum absolute atomic E-state index is 11.8. The number of rotatable bonds is 2. The Balaban J connectivity index is 2.29. The Labute approximate surface area is 97.6 Å². The Morgan fingerprint density at radius 3 is 2.25 bits per heavy atom. The summed E-state index contributed by atoms with van der Waals surface area (Å²) in [4.78, 5) is 0. The molecule has 0 aromatic heterocycles. The second-order valence-corrected chi connectivity index (χ2v) is 7.12. The Kier molecular flexibility index (Phi) is 3.06. The summed E-state index contributed by atoms with van der Waals surface area (Å²) in [5.74, 6) is 0.845. The van der Waals surface area contributed by atoms with Crippen molar-refractivity contribution in [3.05, 3.63) is 35.4 Å². The third-order valence-electron chi connectivity index (χ3n) is 3.30. The van der Waals surface area contributed by atoms with Crippen LogP contribution in [0.4, 0.5) is 0 Å². The van der Waals surface area contributed by atoms with Gasteiger partial charge in [-0.1, -0.05) is 38.1 Å². The van der Waals surface area contributed by atoms with E-state index in [0.29, 0.717) is 11.7 Å². The highest BCUT2D eigenvalue weighted by atomic mass is 32.2. The number of hydrogen-bond donors (Lipinski definition) is 0. The number of benzene rings is 1. The third-order valence-corrected chi connectivity index (χ3v) is 5.54. The van der Waals surface area contributed by atoms with E-state index in [0.717, 1.165) is 18.4 Å². The summed E-state index contributed by atoms with van der Waals surface area (Å²) in [6.07, 6.45) is 1.59. The molecule has 16 heavy (non-hydrogen) atoms. The molecule has 1 aromatic carbocycles. The van der Waals surface area contributed by atoms with Gasteiger partial charge in [0.25, 0.3) is 0 Å². The molecule has 3 heteroatoms. The minimum Gasteiger partial charge on any atom is -0.228 e. The van der Waals surface area contributed by atoms with Gasteiger partial charge >= 0.3 is 0 Å². The van der Waals surface area contributed by atoms with Crippen LogP contribution < -0.4 is 0 Å². The average Bonchev–Trinajstić information content (AvgIpc) is 2.58. The monoisotopic (exact) mass is 238 g/mol. The lowest BCUT2D eigenvalue weighted by atomic mass is 10.00. The fourth-order valence-corrected chi connectivity index (χ4v) is 4.21. The van der Waals surface area contributed by atoms with Gasteiger partial charge in [0.1, 0.15) is 0 Å². The first-order valence-electron chi connectivity index (χ1n) is 5.82. The Hall–Kier alpha value is -0.830. The highest BCUT2D eigenvalue weighted by molar-refractivity contribution is 7.91. The molecule has 0 spiro atoms. The molecule has 1 atom stereocenters. The molecule has 1 heterocycles. The molecular formula is C13H18O2S. The van der Waals surface area contributed by atoms with E-state index in [-0.39, 0.29) is 5.25 Å². The van der Waals surface area contributed by atoms with Gasteiger partial charge in [0.05, 0.1) is 11.0 Å². The molecule has 0 saturated carbocycles. The largest absolute Gasteiger partial charge is 0.228 e. The van der Waals surface area contributed by atoms with E-state index >= 15 is 0 Å². The summed E-state index contributed by atoms with van der Waals surface area (Å²) < 4.78 is 23.6. The van der Waals surface area contributed by atoms with Crippen molar-refractivity contribution >= 4 is 9.84 Å². The van der Waals surface area contributed by atoms with Crippen LogP contribution in [-0.2, 0) is 9.84 Å². The summed E-state index contributed by atoms with van der Waals surface area (Å²) >= 11 is 0. The molecule has 0 bridgehead atoms. The van der Waals surface area contributed by atoms with Crippen molar-refractivity contribution in [3.8, 4) is 0 Å². The smallest absolute Gasteiger partial charge is 0.157 e. The van der Waals surface area contributed by atoms with E-state index in [4.69, 9.17) is 0 Å². The van der Waals surface area contributed by atoms with Crippen LogP contribution in [0, 0.1) is 0 Å². The third kappa shape index (κ3) is 2.14. The van der Waals surface area contributed by atoms with Crippen LogP contribution in [0.3, 0.4) is 0 Å². The Morgan fingerprint density at radius 1 is 1.19 bits per heavy atom. The van der Waals surface area contributed by atoms with Crippen molar-refractivity contribution in [1.82, 2.24) is 0 Å². The van der Waals surface area contributed by atoms with Crippen LogP contribution in [-0.4, -0.2) is 14.2 Å². The molecule has 2 rings (SSSR count). The van der Waals surface area contributed by atoms with Gasteiger partial charge in [-0.05, 0) is 29.9 Å². The summed E-state index contributed by atoms with van der Waals surface area (Å²) in [6, 6.07) is 8.05. The van der Waals surface area contributed by atoms with E-state index in [1.165, 1.54) is 5.56 Å². The van der Waals surface area contributed by atoms with Crippen LogP contribution in [0.25, 0.3) is 0 Å². The van der Waals surface area contributed by atoms with Crippen LogP contribution >= 0.6 is 0 Å². The first-order valence-corrected chi connectivity index (χ1v) is 7.53. The van der Waals surface area contributed by atoms with Gasteiger partial charge in [-0.2, -0.15) is 0 Å². The van der Waals surface area contributed by atoms with E-state index in [1.807, 2.05) is 24.3 Å². The molecule has 1 saturated heterocycles. The molecule has 0 aliphatic carbocycles. The normalized spacial score (nSPS) is 23.8. The molecule has 1 aromatic rings. The lowest BCUT2D eigenvalue weighted by molar-refractivity contribution is 0.592. The maximum Gasteiger partial charge on any atom is 0.157 e. The first-order chi connectivity index (χ1) is 7.50. The van der Waals surface area contributed by atoms with Crippen molar-refractivity contribution in [2.45, 2.75) is 37.9 Å². The minimum atomic E-state index is -2.87. The molecular weight excluding hydrogens is 220 g/mol. The van der Waals surface area contributed by atoms with Gasteiger partial charge < -0.3 is 0 Å². The summed E-state index contributed by atoms with van der Waals surface area (Å²) in [7, 11) is -2.87. The van der Waals surface area contributed by atoms with E-state index < -0.39 is 9.84 Å². The van der Waals surface area contributed by atoms with Crippen LogP contribution in [0.15, 0.2) is 24.3 Å². The zero-order valence-corrected chi connectivity index (χ0v) is 10.6. The van der Waals surface area contributed by atoms with Gasteiger partial charge in [-0.3, -0.25) is 0 Å². The second kappa shape index (κ2) is 4.21. The molecule has 1 unspecified atom stereocenters. The fourth-order valence-electron chi connectivity index (χ4n) is 2.26. The highest BCUT2D eigenvalue weighted by Crippen LogP contribution is 2.34. The van der Waals surface area contributed by atoms with E-state index in [9.17, 15) is 8.42 Å². The van der Waals surface area contributed by atoms with Crippen molar-refractivity contribution in [2.24, 2.45) is 0 Å². The van der Waals surface area contributed by atoms with Gasteiger partial charge in [-0.15, -0.1) is 0 Å². The van der Waals surface area contributed by atoms with Gasteiger partial charge in [0.15, 0.2) is 9.84 Å². The van der Waals surface area contributed by atoms with Gasteiger partial charge in [0.2, 0.25) is 0 Å². The molecule has 0 radical (unpaired) electrons. The zero-order valence-electron chi connectivity index (χ0n) is 9.81. The van der Waals surface area contributed by atoms with Crippen molar-refractivity contribution in [1.29, 1.82) is 0 Å². The molecule has 0 N–H and O–H groups in total. The first kappa shape index (κ1) is 11.6. The summed E-state index contributed by atoms with van der Waals surface area (Å²) in [6.45, 7) is 4.28. The second-order valence-electron chi connectivity index (χ2n) is 4.82. The topological polar surface area (TPSA) is 34.1 Å². The lowest BCUT2D eigenvalue weighted by Gasteiger charge is -2.11. The average molecular weight is 238 g/mol. The van der Waals surface area contributed by atoms with Crippen molar-refractivity contribution in [3.63, 3.8) is 0 Å². The summed E-state index contributed by atoms with van der Waals surface area (Å²) in [5.41, 5.74) is 2.22. The fraction of sp³-hybridized carbons (Fsp3) is 0.538. The Bertz CT molecular complexity index is 457. The van der Waals surface area contributed by atoms with Crippen LogP contribution in [0.1, 0.15) is 49.0 Å². The predicted molar refractivity (Wildman–Crippen MR) is 66.3 cm³/mol. The maximum atomic E-state index is 11.8. The van der Waals surface area contributed by atoms with Crippen LogP contribution in [0.2, 0.25) is 0 Å². The number of sulfone groups is 1. The van der Waals surface area contributed by atoms with Crippen LogP contribution in [0.5, 0.6) is 0 Å². The SMILES string of the molecule is CC(C)c1ccc(C2CCCS2(=O)=O)cc1. The Morgan fingerprint density at radius 2 is 1.81 bits per heavy atom. The molecule has 2 nitrogen and oxygen atoms in total. The minimum absolute atomic E-state index is 0.256. The predicted octanol–water partition coefficient (Wildman–Crippen LogP) is 3.06. The zero-order chi connectivity index (χ0) is 11.8. The summed E-state index contributed by atoms with van der Waals surface area (Å²) in [5, 5.41) is -0.256. The highest BCUT2D eigenvalue weighted by Gasteiger charge is 2.32. The van der Waals surface area contributed by atoms with Gasteiger partial charge in [0, 0.05) is 0 Å². The number of hydrogen-bond acceptors (Lipinski definition) is 2. The lowest BCUT2D eigenvalue weighted by Crippen LogP contribution is -2.07. The molecule has 88 valence electrons. The molecule has 1 fully saturated rings. The van der Waals surface area contributed by atoms with E-state index in [1.54, 1.807) is 0 Å². The quantitative estimate of drug-likeness (QED) is 0.793. The van der Waals surface area contributed by atoms with Crippen molar-refractivity contribution in [2.75, 3.05) is 5.75 Å². The molecule has 1 aliphatic heterocycles. The van der Waals surface area contributed by atoms with E-state index in [2.05, 4.69) is 13.8 Å². The molecule has 0 amide bonds. The van der Waals surface area contributed by atoms with Crippen molar-refractivity contribution < 1.29 is 8.42 Å². The molecule has 1 aliphatic rings. The standard InChI is InChI=1S/C13H18O2S/c1-10(2)11-5-7-12(8-6-11)13-4-3-9-16(13,14)15/h5-8,10,13H,3-4,9H2,1-2H3. The van der Waals surface area contributed by atoms with Gasteiger partial charge in [-0.25, -0.2) is 8.42 Å².